The summed E-state index contributed by atoms with van der Waals surface area (Å²) in [6.07, 6.45) is 4.53. The lowest BCUT2D eigenvalue weighted by Crippen LogP contribution is -2.30. The fraction of sp³-hybridized carbons (Fsp3) is 0.333. The minimum atomic E-state index is -0.703. The number of anilines is 1. The summed E-state index contributed by atoms with van der Waals surface area (Å²) in [4.78, 5) is 32.5. The summed E-state index contributed by atoms with van der Waals surface area (Å²) in [6, 6.07) is 1.61. The Hall–Kier alpha value is -2.70. The van der Waals surface area contributed by atoms with E-state index < -0.39 is 11.5 Å². The molecule has 0 aromatic carbocycles. The molecule has 1 unspecified atom stereocenters. The zero-order valence-electron chi connectivity index (χ0n) is 12.3. The van der Waals surface area contributed by atoms with Crippen LogP contribution < -0.4 is 10.9 Å². The van der Waals surface area contributed by atoms with E-state index in [1.54, 1.807) is 13.1 Å². The lowest BCUT2D eigenvalue weighted by atomic mass is 10.0. The van der Waals surface area contributed by atoms with Gasteiger partial charge in [-0.15, -0.1) is 0 Å². The van der Waals surface area contributed by atoms with Crippen molar-refractivity contribution in [3.63, 3.8) is 0 Å². The fourth-order valence-corrected chi connectivity index (χ4v) is 2.89. The van der Waals surface area contributed by atoms with Crippen LogP contribution in [0.15, 0.2) is 23.3 Å². The van der Waals surface area contributed by atoms with E-state index in [-0.39, 0.29) is 23.2 Å². The molecule has 0 aliphatic heterocycles. The number of pyridine rings is 1. The van der Waals surface area contributed by atoms with E-state index in [1.807, 2.05) is 6.92 Å². The van der Waals surface area contributed by atoms with E-state index in [9.17, 15) is 14.7 Å². The van der Waals surface area contributed by atoms with Crippen molar-refractivity contribution in [3.8, 4) is 5.75 Å². The van der Waals surface area contributed by atoms with Gasteiger partial charge in [0.05, 0.1) is 0 Å². The molecule has 2 aromatic rings. The smallest absolute Gasteiger partial charge is 0.267 e. The zero-order chi connectivity index (χ0) is 15.9. The van der Waals surface area contributed by atoms with Crippen LogP contribution in [0.4, 0.5) is 5.95 Å². The van der Waals surface area contributed by atoms with Crippen LogP contribution in [0.25, 0.3) is 0 Å². The Balaban J connectivity index is 2.08. The molecule has 114 valence electrons. The third-order valence-electron chi connectivity index (χ3n) is 4.05. The summed E-state index contributed by atoms with van der Waals surface area (Å²) in [5, 5.41) is 12.9. The quantitative estimate of drug-likeness (QED) is 0.868. The number of nitrogens with zero attached hydrogens (tertiary/aromatic N) is 3. The third kappa shape index (κ3) is 2.14. The number of aromatic hydroxyl groups is 1. The highest BCUT2D eigenvalue weighted by molar-refractivity contribution is 6.05. The molecular formula is C15H16N4O3. The predicted octanol–water partition coefficient (Wildman–Crippen LogP) is 1.18. The van der Waals surface area contributed by atoms with Crippen molar-refractivity contribution in [3.05, 3.63) is 45.6 Å². The zero-order valence-corrected chi connectivity index (χ0v) is 12.3. The second kappa shape index (κ2) is 5.25. The summed E-state index contributed by atoms with van der Waals surface area (Å²) in [6.45, 7) is 1.97. The number of hydrogen-bond acceptors (Lipinski definition) is 5. The van der Waals surface area contributed by atoms with E-state index in [1.165, 1.54) is 17.0 Å². The van der Waals surface area contributed by atoms with Crippen molar-refractivity contribution >= 4 is 11.9 Å². The second-order valence-corrected chi connectivity index (χ2v) is 5.41. The average molecular weight is 300 g/mol. The molecule has 3 rings (SSSR count). The van der Waals surface area contributed by atoms with Gasteiger partial charge in [-0.3, -0.25) is 14.9 Å². The van der Waals surface area contributed by atoms with Crippen molar-refractivity contribution in [1.29, 1.82) is 0 Å². The predicted molar refractivity (Wildman–Crippen MR) is 80.1 cm³/mol. The number of nitrogens with one attached hydrogen (secondary N) is 1. The van der Waals surface area contributed by atoms with Crippen molar-refractivity contribution in [1.82, 2.24) is 14.5 Å². The van der Waals surface area contributed by atoms with Crippen LogP contribution in [0.1, 0.15) is 40.9 Å². The first kappa shape index (κ1) is 14.2. The number of amides is 1. The van der Waals surface area contributed by atoms with Gasteiger partial charge in [-0.05, 0) is 24.8 Å². The molecule has 7 heteroatoms. The van der Waals surface area contributed by atoms with Gasteiger partial charge >= 0.3 is 0 Å². The molecule has 0 saturated carbocycles. The van der Waals surface area contributed by atoms with Gasteiger partial charge in [-0.2, -0.15) is 0 Å². The average Bonchev–Trinajstić information content (AvgIpc) is 2.88. The molecule has 1 atom stereocenters. The fourth-order valence-electron chi connectivity index (χ4n) is 2.89. The first-order chi connectivity index (χ1) is 10.5. The van der Waals surface area contributed by atoms with E-state index in [2.05, 4.69) is 15.3 Å². The van der Waals surface area contributed by atoms with Gasteiger partial charge in [0, 0.05) is 30.7 Å². The Labute approximate surface area is 126 Å². The lowest BCUT2D eigenvalue weighted by molar-refractivity contribution is 0.102. The number of carbonyl (C=O) groups excluding carboxylic acids is 1. The number of carbonyl (C=O) groups is 1. The van der Waals surface area contributed by atoms with Gasteiger partial charge in [0.15, 0.2) is 0 Å². The minimum Gasteiger partial charge on any atom is -0.507 e. The van der Waals surface area contributed by atoms with Gasteiger partial charge in [0.25, 0.3) is 11.5 Å². The highest BCUT2D eigenvalue weighted by Gasteiger charge is 2.31. The van der Waals surface area contributed by atoms with Gasteiger partial charge in [-0.25, -0.2) is 9.97 Å². The lowest BCUT2D eigenvalue weighted by Gasteiger charge is -2.14. The van der Waals surface area contributed by atoms with E-state index in [0.29, 0.717) is 5.56 Å². The summed E-state index contributed by atoms with van der Waals surface area (Å²) in [7, 11) is 1.62. The van der Waals surface area contributed by atoms with Crippen molar-refractivity contribution < 1.29 is 9.90 Å². The molecule has 7 nitrogen and oxygen atoms in total. The monoisotopic (exact) mass is 300 g/mol. The summed E-state index contributed by atoms with van der Waals surface area (Å²) in [5.74, 6) is -0.730. The number of aromatic nitrogens is 3. The van der Waals surface area contributed by atoms with Crippen LogP contribution in [0, 0.1) is 0 Å². The van der Waals surface area contributed by atoms with Gasteiger partial charge in [-0.1, -0.05) is 6.92 Å². The van der Waals surface area contributed by atoms with Crippen LogP contribution in [-0.4, -0.2) is 25.5 Å². The first-order valence-electron chi connectivity index (χ1n) is 7.03. The molecule has 0 saturated heterocycles. The molecule has 22 heavy (non-hydrogen) atoms. The molecule has 2 N–H and O–H groups in total. The maximum atomic E-state index is 12.4. The van der Waals surface area contributed by atoms with Crippen LogP contribution in [0.3, 0.4) is 0 Å². The molecule has 2 aromatic heterocycles. The Kier molecular flexibility index (Phi) is 3.40. The molecule has 1 aliphatic carbocycles. The van der Waals surface area contributed by atoms with Crippen LogP contribution in [0.2, 0.25) is 0 Å². The standard InChI is InChI=1S/C15H16N4O3/c1-8-4-5-9-10(8)12(20)11(14(22)19(9)2)13(21)18-15-16-6-3-7-17-15/h3,6-8,20H,4-5H2,1-2H3,(H,16,17,18,21). The maximum Gasteiger partial charge on any atom is 0.267 e. The van der Waals surface area contributed by atoms with Crippen LogP contribution >= 0.6 is 0 Å². The number of rotatable bonds is 2. The SMILES string of the molecule is CC1CCc2c1c(O)c(C(=O)Nc1ncccn1)c(=O)n2C. The topological polar surface area (TPSA) is 97.1 Å². The number of fused-ring (bicyclic) bond motifs is 1. The van der Waals surface area contributed by atoms with Gasteiger partial charge < -0.3 is 9.67 Å². The Morgan fingerprint density at radius 1 is 1.41 bits per heavy atom. The normalized spacial score (nSPS) is 16.4. The molecule has 1 aliphatic rings. The highest BCUT2D eigenvalue weighted by Crippen LogP contribution is 2.38. The molecule has 0 radical (unpaired) electrons. The van der Waals surface area contributed by atoms with Crippen molar-refractivity contribution in [2.24, 2.45) is 7.05 Å². The Morgan fingerprint density at radius 2 is 2.09 bits per heavy atom. The Bertz CT molecular complexity index is 799. The molecular weight excluding hydrogens is 284 g/mol. The van der Waals surface area contributed by atoms with Crippen molar-refractivity contribution in [2.45, 2.75) is 25.7 Å². The third-order valence-corrected chi connectivity index (χ3v) is 4.05. The first-order valence-corrected chi connectivity index (χ1v) is 7.03. The van der Waals surface area contributed by atoms with E-state index in [4.69, 9.17) is 0 Å². The Morgan fingerprint density at radius 3 is 2.77 bits per heavy atom. The molecule has 0 bridgehead atoms. The van der Waals surface area contributed by atoms with Crippen molar-refractivity contribution in [2.75, 3.05) is 5.32 Å². The molecule has 0 fully saturated rings. The maximum absolute atomic E-state index is 12.4. The summed E-state index contributed by atoms with van der Waals surface area (Å²) < 4.78 is 1.44. The summed E-state index contributed by atoms with van der Waals surface area (Å²) in [5.41, 5.74) is 0.699. The molecule has 2 heterocycles. The van der Waals surface area contributed by atoms with E-state index >= 15 is 0 Å². The van der Waals surface area contributed by atoms with Crippen LogP contribution in [-0.2, 0) is 13.5 Å². The van der Waals surface area contributed by atoms with Gasteiger partial charge in [0.2, 0.25) is 5.95 Å². The molecule has 0 spiro atoms. The molecule has 1 amide bonds. The highest BCUT2D eigenvalue weighted by atomic mass is 16.3. The number of hydrogen-bond donors (Lipinski definition) is 2. The van der Waals surface area contributed by atoms with Crippen LogP contribution in [0.5, 0.6) is 5.75 Å². The minimum absolute atomic E-state index is 0.0856. The van der Waals surface area contributed by atoms with Gasteiger partial charge in [0.1, 0.15) is 11.3 Å². The van der Waals surface area contributed by atoms with E-state index in [0.717, 1.165) is 18.5 Å². The second-order valence-electron chi connectivity index (χ2n) is 5.41. The largest absolute Gasteiger partial charge is 0.507 e. The summed E-state index contributed by atoms with van der Waals surface area (Å²) >= 11 is 0.